The topological polar surface area (TPSA) is 54.0 Å². The summed E-state index contributed by atoms with van der Waals surface area (Å²) in [5, 5.41) is 8.69. The van der Waals surface area contributed by atoms with E-state index in [1.54, 1.807) is 37.6 Å². The van der Waals surface area contributed by atoms with E-state index in [1.807, 2.05) is 24.3 Å². The number of hydrogen-bond acceptors (Lipinski definition) is 3. The lowest BCUT2D eigenvalue weighted by Crippen LogP contribution is -2.30. The van der Waals surface area contributed by atoms with Crippen molar-refractivity contribution in [2.45, 2.75) is 6.04 Å². The number of rotatable bonds is 4. The first-order chi connectivity index (χ1) is 11.6. The second-order valence-electron chi connectivity index (χ2n) is 5.29. The Kier molecular flexibility index (Phi) is 5.00. The first-order valence-electron chi connectivity index (χ1n) is 7.36. The molecular formula is C18H15Cl2N3O. The Bertz CT molecular complexity index is 893. The molecule has 0 fully saturated rings. The number of halogens is 2. The van der Waals surface area contributed by atoms with Crippen molar-refractivity contribution >= 4 is 45.6 Å². The molecule has 0 aliphatic carbocycles. The molecule has 1 amide bonds. The molecule has 2 N–H and O–H groups in total. The molecule has 24 heavy (non-hydrogen) atoms. The van der Waals surface area contributed by atoms with Crippen LogP contribution in [-0.4, -0.2) is 17.9 Å². The Morgan fingerprint density at radius 1 is 1.08 bits per heavy atom. The van der Waals surface area contributed by atoms with Crippen LogP contribution in [0, 0.1) is 0 Å². The largest absolute Gasteiger partial charge is 0.323 e. The molecule has 3 rings (SSSR count). The molecule has 1 atom stereocenters. The first kappa shape index (κ1) is 16.7. The van der Waals surface area contributed by atoms with E-state index in [9.17, 15) is 4.79 Å². The van der Waals surface area contributed by atoms with Crippen LogP contribution in [0.1, 0.15) is 11.6 Å². The number of aromatic nitrogens is 1. The zero-order valence-corrected chi connectivity index (χ0v) is 14.4. The summed E-state index contributed by atoms with van der Waals surface area (Å²) >= 11 is 12.0. The summed E-state index contributed by atoms with van der Waals surface area (Å²) in [4.78, 5) is 16.9. The van der Waals surface area contributed by atoms with E-state index in [1.165, 1.54) is 0 Å². The highest BCUT2D eigenvalue weighted by atomic mass is 35.5. The van der Waals surface area contributed by atoms with Crippen LogP contribution < -0.4 is 10.6 Å². The van der Waals surface area contributed by atoms with E-state index in [4.69, 9.17) is 23.2 Å². The molecule has 1 aromatic heterocycles. The molecule has 0 aliphatic rings. The van der Waals surface area contributed by atoms with Gasteiger partial charge in [-0.05, 0) is 24.7 Å². The van der Waals surface area contributed by atoms with Crippen molar-refractivity contribution in [3.63, 3.8) is 0 Å². The van der Waals surface area contributed by atoms with Crippen LogP contribution in [0.3, 0.4) is 0 Å². The molecule has 0 unspecified atom stereocenters. The van der Waals surface area contributed by atoms with Gasteiger partial charge in [0.1, 0.15) is 6.04 Å². The fraction of sp³-hybridized carbons (Fsp3) is 0.111. The molecule has 0 saturated carbocycles. The average molecular weight is 360 g/mol. The molecule has 3 aromatic rings. The van der Waals surface area contributed by atoms with Crippen LogP contribution in [0.15, 0.2) is 54.9 Å². The number of nitrogens with one attached hydrogen (secondary N) is 2. The van der Waals surface area contributed by atoms with Crippen molar-refractivity contribution in [2.24, 2.45) is 0 Å². The second-order valence-corrected chi connectivity index (χ2v) is 6.11. The van der Waals surface area contributed by atoms with Gasteiger partial charge in [-0.2, -0.15) is 0 Å². The first-order valence-corrected chi connectivity index (χ1v) is 8.11. The molecular weight excluding hydrogens is 345 g/mol. The van der Waals surface area contributed by atoms with Crippen LogP contribution in [0.4, 0.5) is 5.69 Å². The van der Waals surface area contributed by atoms with Crippen LogP contribution in [0.5, 0.6) is 0 Å². The third-order valence-corrected chi connectivity index (χ3v) is 4.49. The average Bonchev–Trinajstić information content (AvgIpc) is 2.59. The number of likely N-dealkylation sites (N-methyl/N-ethyl adjacent to an activating group) is 1. The van der Waals surface area contributed by atoms with Crippen LogP contribution in [0.25, 0.3) is 10.8 Å². The van der Waals surface area contributed by atoms with Gasteiger partial charge in [-0.1, -0.05) is 53.5 Å². The van der Waals surface area contributed by atoms with Gasteiger partial charge in [0, 0.05) is 17.0 Å². The Morgan fingerprint density at radius 3 is 2.62 bits per heavy atom. The predicted octanol–water partition coefficient (Wildman–Crippen LogP) is 4.44. The quantitative estimate of drug-likeness (QED) is 0.723. The third-order valence-electron chi connectivity index (χ3n) is 3.75. The number of nitrogens with zero attached hydrogens (tertiary/aromatic N) is 1. The lowest BCUT2D eigenvalue weighted by atomic mass is 10.1. The number of benzene rings is 2. The SMILES string of the molecule is CN[C@H](C(=O)Nc1cncc2ccccc12)c1ccc(Cl)c(Cl)c1. The van der Waals surface area contributed by atoms with Gasteiger partial charge >= 0.3 is 0 Å². The van der Waals surface area contributed by atoms with Crippen molar-refractivity contribution in [1.82, 2.24) is 10.3 Å². The van der Waals surface area contributed by atoms with E-state index in [2.05, 4.69) is 15.6 Å². The maximum absolute atomic E-state index is 12.7. The smallest absolute Gasteiger partial charge is 0.246 e. The summed E-state index contributed by atoms with van der Waals surface area (Å²) in [7, 11) is 1.72. The van der Waals surface area contributed by atoms with Gasteiger partial charge in [0.2, 0.25) is 5.91 Å². The lowest BCUT2D eigenvalue weighted by Gasteiger charge is -2.17. The minimum atomic E-state index is -0.557. The molecule has 122 valence electrons. The highest BCUT2D eigenvalue weighted by Crippen LogP contribution is 2.27. The predicted molar refractivity (Wildman–Crippen MR) is 98.6 cm³/mol. The maximum Gasteiger partial charge on any atom is 0.246 e. The summed E-state index contributed by atoms with van der Waals surface area (Å²) in [6.45, 7) is 0. The molecule has 2 aromatic carbocycles. The third kappa shape index (κ3) is 3.36. The molecule has 4 nitrogen and oxygen atoms in total. The molecule has 6 heteroatoms. The number of carbonyl (C=O) groups is 1. The number of hydrogen-bond donors (Lipinski definition) is 2. The van der Waals surface area contributed by atoms with Crippen LogP contribution >= 0.6 is 23.2 Å². The standard InChI is InChI=1S/C18H15Cl2N3O/c1-21-17(11-6-7-14(19)15(20)8-11)18(24)23-16-10-22-9-12-4-2-3-5-13(12)16/h2-10,17,21H,1H3,(H,23,24)/t17-/m0/s1. The van der Waals surface area contributed by atoms with Crippen molar-refractivity contribution in [3.8, 4) is 0 Å². The highest BCUT2D eigenvalue weighted by Gasteiger charge is 2.20. The Labute approximate surface area is 149 Å². The van der Waals surface area contributed by atoms with Gasteiger partial charge in [-0.25, -0.2) is 0 Å². The summed E-state index contributed by atoms with van der Waals surface area (Å²) in [6, 6.07) is 12.3. The zero-order chi connectivity index (χ0) is 17.1. The van der Waals surface area contributed by atoms with E-state index in [-0.39, 0.29) is 5.91 Å². The highest BCUT2D eigenvalue weighted by molar-refractivity contribution is 6.42. The number of fused-ring (bicyclic) bond motifs is 1. The summed E-state index contributed by atoms with van der Waals surface area (Å²) in [5.74, 6) is -0.200. The van der Waals surface area contributed by atoms with Gasteiger partial charge in [0.05, 0.1) is 21.9 Å². The van der Waals surface area contributed by atoms with Gasteiger partial charge in [-0.3, -0.25) is 9.78 Å². The van der Waals surface area contributed by atoms with Crippen LogP contribution in [0.2, 0.25) is 10.0 Å². The maximum atomic E-state index is 12.7. The van der Waals surface area contributed by atoms with Gasteiger partial charge in [-0.15, -0.1) is 0 Å². The zero-order valence-electron chi connectivity index (χ0n) is 12.9. The summed E-state index contributed by atoms with van der Waals surface area (Å²) < 4.78 is 0. The van der Waals surface area contributed by atoms with Gasteiger partial charge < -0.3 is 10.6 Å². The van der Waals surface area contributed by atoms with E-state index in [0.717, 1.165) is 16.3 Å². The van der Waals surface area contributed by atoms with E-state index >= 15 is 0 Å². The number of carbonyl (C=O) groups excluding carboxylic acids is 1. The fourth-order valence-electron chi connectivity index (χ4n) is 2.56. The van der Waals surface area contributed by atoms with Gasteiger partial charge in [0.15, 0.2) is 0 Å². The molecule has 0 bridgehead atoms. The minimum Gasteiger partial charge on any atom is -0.323 e. The minimum absolute atomic E-state index is 0.200. The Balaban J connectivity index is 1.90. The van der Waals surface area contributed by atoms with Crippen molar-refractivity contribution < 1.29 is 4.79 Å². The van der Waals surface area contributed by atoms with E-state index < -0.39 is 6.04 Å². The molecule has 0 aliphatic heterocycles. The second kappa shape index (κ2) is 7.18. The normalized spacial score (nSPS) is 12.1. The monoisotopic (exact) mass is 359 g/mol. The fourth-order valence-corrected chi connectivity index (χ4v) is 2.87. The van der Waals surface area contributed by atoms with Crippen molar-refractivity contribution in [2.75, 3.05) is 12.4 Å². The van der Waals surface area contributed by atoms with E-state index in [0.29, 0.717) is 15.7 Å². The number of anilines is 1. The van der Waals surface area contributed by atoms with Gasteiger partial charge in [0.25, 0.3) is 0 Å². The number of pyridine rings is 1. The molecule has 0 saturated heterocycles. The Morgan fingerprint density at radius 2 is 1.88 bits per heavy atom. The van der Waals surface area contributed by atoms with Crippen LogP contribution in [-0.2, 0) is 4.79 Å². The van der Waals surface area contributed by atoms with Crippen molar-refractivity contribution in [1.29, 1.82) is 0 Å². The summed E-state index contributed by atoms with van der Waals surface area (Å²) in [5.41, 5.74) is 1.40. The molecule has 1 heterocycles. The Hall–Kier alpha value is -2.14. The molecule has 0 radical (unpaired) electrons. The summed E-state index contributed by atoms with van der Waals surface area (Å²) in [6.07, 6.45) is 3.40. The molecule has 0 spiro atoms. The van der Waals surface area contributed by atoms with Crippen molar-refractivity contribution in [3.05, 3.63) is 70.5 Å². The number of amides is 1. The lowest BCUT2D eigenvalue weighted by molar-refractivity contribution is -0.118.